The zero-order valence-corrected chi connectivity index (χ0v) is 13.7. The van der Waals surface area contributed by atoms with Gasteiger partial charge >= 0.3 is 0 Å². The van der Waals surface area contributed by atoms with Crippen molar-refractivity contribution < 1.29 is 0 Å². The van der Waals surface area contributed by atoms with Gasteiger partial charge in [0.2, 0.25) is 0 Å². The fraction of sp³-hybridized carbons (Fsp3) is 0.556. The van der Waals surface area contributed by atoms with Crippen LogP contribution >= 0.6 is 0 Å². The molecule has 5 heteroatoms. The average Bonchev–Trinajstić information content (AvgIpc) is 3.28. The highest BCUT2D eigenvalue weighted by atomic mass is 16.1. The molecule has 1 saturated carbocycles. The maximum atomic E-state index is 12.2. The summed E-state index contributed by atoms with van der Waals surface area (Å²) in [6.45, 7) is 1.78. The summed E-state index contributed by atoms with van der Waals surface area (Å²) in [6, 6.07) is 4.28. The average molecular weight is 312 g/mol. The van der Waals surface area contributed by atoms with Gasteiger partial charge in [-0.1, -0.05) is 6.07 Å². The van der Waals surface area contributed by atoms with E-state index in [1.165, 1.54) is 29.7 Å². The predicted molar refractivity (Wildman–Crippen MR) is 89.3 cm³/mol. The van der Waals surface area contributed by atoms with Gasteiger partial charge in [-0.05, 0) is 43.6 Å². The summed E-state index contributed by atoms with van der Waals surface area (Å²) >= 11 is 0. The number of nitrogens with zero attached hydrogens (tertiary/aromatic N) is 3. The van der Waals surface area contributed by atoms with Gasteiger partial charge < -0.3 is 9.88 Å². The van der Waals surface area contributed by atoms with Crippen molar-refractivity contribution >= 4 is 0 Å². The molecular formula is C18H24N4O. The minimum atomic E-state index is 0.178. The molecule has 1 atom stereocenters. The summed E-state index contributed by atoms with van der Waals surface area (Å²) in [6.07, 6.45) is 9.65. The molecule has 2 heterocycles. The number of pyridine rings is 1. The third-order valence-electron chi connectivity index (χ3n) is 5.08. The van der Waals surface area contributed by atoms with Crippen molar-refractivity contribution in [2.24, 2.45) is 13.0 Å². The van der Waals surface area contributed by atoms with Crippen LogP contribution in [0.25, 0.3) is 0 Å². The third kappa shape index (κ3) is 3.24. The molecule has 0 radical (unpaired) electrons. The molecule has 2 aromatic rings. The molecule has 0 spiro atoms. The molecule has 23 heavy (non-hydrogen) atoms. The van der Waals surface area contributed by atoms with Gasteiger partial charge in [-0.3, -0.25) is 9.48 Å². The second-order valence-corrected chi connectivity index (χ2v) is 7.04. The summed E-state index contributed by atoms with van der Waals surface area (Å²) in [5.41, 5.74) is 4.03. The second-order valence-electron chi connectivity index (χ2n) is 7.04. The Morgan fingerprint density at radius 2 is 2.17 bits per heavy atom. The minimum Gasteiger partial charge on any atom is -0.312 e. The highest BCUT2D eigenvalue weighted by Gasteiger charge is 2.26. The Bertz CT molecular complexity index is 757. The van der Waals surface area contributed by atoms with Crippen molar-refractivity contribution in [2.45, 2.75) is 51.2 Å². The van der Waals surface area contributed by atoms with Crippen LogP contribution in [-0.4, -0.2) is 20.4 Å². The fourth-order valence-corrected chi connectivity index (χ4v) is 3.58. The van der Waals surface area contributed by atoms with Crippen LogP contribution < -0.4 is 10.9 Å². The third-order valence-corrected chi connectivity index (χ3v) is 5.08. The molecule has 2 aliphatic carbocycles. The van der Waals surface area contributed by atoms with Crippen molar-refractivity contribution in [3.8, 4) is 0 Å². The Labute approximate surface area is 136 Å². The predicted octanol–water partition coefficient (Wildman–Crippen LogP) is 1.64. The van der Waals surface area contributed by atoms with E-state index in [1.807, 2.05) is 28.6 Å². The first-order valence-electron chi connectivity index (χ1n) is 8.61. The number of aryl methyl sites for hydroxylation is 1. The van der Waals surface area contributed by atoms with E-state index in [2.05, 4.69) is 16.6 Å². The maximum Gasteiger partial charge on any atom is 0.250 e. The molecule has 2 aromatic heterocycles. The van der Waals surface area contributed by atoms with Crippen LogP contribution in [0.15, 0.2) is 29.3 Å². The Kier molecular flexibility index (Phi) is 3.81. The van der Waals surface area contributed by atoms with E-state index in [1.54, 1.807) is 6.07 Å². The lowest BCUT2D eigenvalue weighted by Gasteiger charge is -2.27. The van der Waals surface area contributed by atoms with E-state index in [9.17, 15) is 4.79 Å². The smallest absolute Gasteiger partial charge is 0.250 e. The van der Waals surface area contributed by atoms with E-state index >= 15 is 0 Å². The Hall–Kier alpha value is -1.88. The summed E-state index contributed by atoms with van der Waals surface area (Å²) < 4.78 is 3.88. The standard InChI is InChI=1S/C18H24N4O/c1-21-11-14(10-20-21)9-19-16-5-6-17-15(8-16)4-7-18(23)22(17)12-13-2-3-13/h4,7,10-11,13,16,19H,2-3,5-6,8-9,12H2,1H3. The van der Waals surface area contributed by atoms with E-state index in [0.29, 0.717) is 6.04 Å². The number of nitrogens with one attached hydrogen (secondary N) is 1. The summed E-state index contributed by atoms with van der Waals surface area (Å²) in [5, 5.41) is 7.85. The molecule has 1 fully saturated rings. The van der Waals surface area contributed by atoms with E-state index < -0.39 is 0 Å². The highest BCUT2D eigenvalue weighted by Crippen LogP contribution is 2.31. The lowest BCUT2D eigenvalue weighted by atomic mass is 9.91. The summed E-state index contributed by atoms with van der Waals surface area (Å²) in [7, 11) is 1.94. The SMILES string of the molecule is Cn1cc(CNC2CCc3c(ccc(=O)n3CC3CC3)C2)cn1. The lowest BCUT2D eigenvalue weighted by Crippen LogP contribution is -2.37. The first kappa shape index (κ1) is 14.7. The van der Waals surface area contributed by atoms with Crippen molar-refractivity contribution in [2.75, 3.05) is 0 Å². The molecule has 0 aromatic carbocycles. The molecule has 4 rings (SSSR count). The number of hydrogen-bond acceptors (Lipinski definition) is 3. The molecule has 0 saturated heterocycles. The molecule has 0 amide bonds. The van der Waals surface area contributed by atoms with Crippen LogP contribution in [0.4, 0.5) is 0 Å². The number of fused-ring (bicyclic) bond motifs is 1. The summed E-state index contributed by atoms with van der Waals surface area (Å²) in [5.74, 6) is 0.737. The van der Waals surface area contributed by atoms with Gasteiger partial charge in [0.25, 0.3) is 5.56 Å². The highest BCUT2D eigenvalue weighted by molar-refractivity contribution is 5.26. The molecule has 2 aliphatic rings. The zero-order valence-electron chi connectivity index (χ0n) is 13.7. The Morgan fingerprint density at radius 3 is 2.91 bits per heavy atom. The normalized spacial score (nSPS) is 20.5. The van der Waals surface area contributed by atoms with Crippen LogP contribution in [0.5, 0.6) is 0 Å². The van der Waals surface area contributed by atoms with Crippen molar-refractivity contribution in [3.63, 3.8) is 0 Å². The quantitative estimate of drug-likeness (QED) is 0.913. The van der Waals surface area contributed by atoms with Crippen molar-refractivity contribution in [3.05, 3.63) is 51.7 Å². The van der Waals surface area contributed by atoms with E-state index in [4.69, 9.17) is 0 Å². The molecule has 0 aliphatic heterocycles. The Balaban J connectivity index is 1.45. The van der Waals surface area contributed by atoms with Gasteiger partial charge in [0.05, 0.1) is 6.20 Å². The van der Waals surface area contributed by atoms with Crippen molar-refractivity contribution in [1.29, 1.82) is 0 Å². The van der Waals surface area contributed by atoms with Gasteiger partial charge in [-0.2, -0.15) is 5.10 Å². The van der Waals surface area contributed by atoms with E-state index in [0.717, 1.165) is 38.3 Å². The van der Waals surface area contributed by atoms with E-state index in [-0.39, 0.29) is 5.56 Å². The largest absolute Gasteiger partial charge is 0.312 e. The molecule has 5 nitrogen and oxygen atoms in total. The monoisotopic (exact) mass is 312 g/mol. The maximum absolute atomic E-state index is 12.2. The van der Waals surface area contributed by atoms with Crippen LogP contribution in [-0.2, 0) is 33.0 Å². The van der Waals surface area contributed by atoms with Gasteiger partial charge in [0.15, 0.2) is 0 Å². The van der Waals surface area contributed by atoms with Gasteiger partial charge in [0.1, 0.15) is 0 Å². The van der Waals surface area contributed by atoms with Gasteiger partial charge in [-0.25, -0.2) is 0 Å². The molecule has 1 unspecified atom stereocenters. The molecule has 1 N–H and O–H groups in total. The first-order valence-corrected chi connectivity index (χ1v) is 8.61. The minimum absolute atomic E-state index is 0.178. The second kappa shape index (κ2) is 5.96. The van der Waals surface area contributed by atoms with Crippen LogP contribution in [0, 0.1) is 5.92 Å². The van der Waals surface area contributed by atoms with Crippen molar-refractivity contribution in [1.82, 2.24) is 19.7 Å². The topological polar surface area (TPSA) is 51.9 Å². The van der Waals surface area contributed by atoms with Crippen LogP contribution in [0.3, 0.4) is 0 Å². The van der Waals surface area contributed by atoms with Gasteiger partial charge in [-0.15, -0.1) is 0 Å². The molecule has 122 valence electrons. The lowest BCUT2D eigenvalue weighted by molar-refractivity contribution is 0.436. The summed E-state index contributed by atoms with van der Waals surface area (Å²) in [4.78, 5) is 12.2. The molecule has 0 bridgehead atoms. The van der Waals surface area contributed by atoms with Crippen LogP contribution in [0.2, 0.25) is 0 Å². The number of aromatic nitrogens is 3. The zero-order chi connectivity index (χ0) is 15.8. The van der Waals surface area contributed by atoms with Crippen LogP contribution in [0.1, 0.15) is 36.1 Å². The molecular weight excluding hydrogens is 288 g/mol. The van der Waals surface area contributed by atoms with Gasteiger partial charge in [0, 0.05) is 49.7 Å². The first-order chi connectivity index (χ1) is 11.2. The number of hydrogen-bond donors (Lipinski definition) is 1. The number of rotatable bonds is 5. The fourth-order valence-electron chi connectivity index (χ4n) is 3.58. The Morgan fingerprint density at radius 1 is 1.30 bits per heavy atom.